The summed E-state index contributed by atoms with van der Waals surface area (Å²) in [6.07, 6.45) is 0. The number of hydrogen-bond donors (Lipinski definition) is 2. The zero-order valence-corrected chi connectivity index (χ0v) is 9.64. The molecule has 16 heavy (non-hydrogen) atoms. The summed E-state index contributed by atoms with van der Waals surface area (Å²) in [6, 6.07) is 3.60. The van der Waals surface area contributed by atoms with E-state index in [0.29, 0.717) is 6.54 Å². The molecule has 0 saturated heterocycles. The van der Waals surface area contributed by atoms with Crippen molar-refractivity contribution in [1.29, 1.82) is 0 Å². The van der Waals surface area contributed by atoms with E-state index >= 15 is 0 Å². The van der Waals surface area contributed by atoms with Crippen LogP contribution in [0.25, 0.3) is 0 Å². The van der Waals surface area contributed by atoms with Crippen LogP contribution in [0.3, 0.4) is 0 Å². The lowest BCUT2D eigenvalue weighted by Crippen LogP contribution is -2.28. The Labute approximate surface area is 95.5 Å². The van der Waals surface area contributed by atoms with Gasteiger partial charge in [0.1, 0.15) is 11.6 Å². The Hall–Kier alpha value is -1.43. The maximum absolute atomic E-state index is 12.9. The summed E-state index contributed by atoms with van der Waals surface area (Å²) in [5.74, 6) is -1.07. The zero-order valence-electron chi connectivity index (χ0n) is 8.83. The van der Waals surface area contributed by atoms with Gasteiger partial charge < -0.3 is 11.1 Å². The monoisotopic (exact) mass is 244 g/mol. The average Bonchev–Trinajstić information content (AvgIpc) is 2.21. The first-order valence-electron chi connectivity index (χ1n) is 4.74. The van der Waals surface area contributed by atoms with Gasteiger partial charge in [0.2, 0.25) is 5.91 Å². The second kappa shape index (κ2) is 5.60. The van der Waals surface area contributed by atoms with E-state index in [9.17, 15) is 13.4 Å². The normalized spacial score (nSPS) is 12.1. The van der Waals surface area contributed by atoms with Gasteiger partial charge in [0.25, 0.3) is 0 Å². The van der Waals surface area contributed by atoms with E-state index in [1.165, 1.54) is 12.1 Å². The molecule has 1 aromatic carbocycles. The zero-order chi connectivity index (χ0) is 12.1. The van der Waals surface area contributed by atoms with Crippen molar-refractivity contribution < 1.29 is 13.4 Å². The van der Waals surface area contributed by atoms with Crippen molar-refractivity contribution in [3.05, 3.63) is 24.0 Å². The number of carbonyl (C=O) groups is 1. The molecule has 0 spiro atoms. The van der Waals surface area contributed by atoms with Crippen LogP contribution in [0.2, 0.25) is 0 Å². The summed E-state index contributed by atoms with van der Waals surface area (Å²) in [7, 11) is -1.61. The molecule has 88 valence electrons. The number of benzene rings is 1. The smallest absolute Gasteiger partial charge is 0.232 e. The van der Waals surface area contributed by atoms with E-state index in [1.807, 2.05) is 0 Å². The molecule has 1 rings (SSSR count). The van der Waals surface area contributed by atoms with Gasteiger partial charge in [-0.25, -0.2) is 4.39 Å². The summed E-state index contributed by atoms with van der Waals surface area (Å²) in [4.78, 5) is 11.3. The Morgan fingerprint density at radius 2 is 2.25 bits per heavy atom. The second-order valence-electron chi connectivity index (χ2n) is 3.13. The third-order valence-corrected chi connectivity index (χ3v) is 3.23. The highest BCUT2D eigenvalue weighted by molar-refractivity contribution is 7.86. The maximum atomic E-state index is 12.9. The van der Waals surface area contributed by atoms with Gasteiger partial charge in [-0.1, -0.05) is 0 Å². The SMILES string of the molecule is CCNC(=O)CS(=O)c1cc(F)ccc1N. The van der Waals surface area contributed by atoms with Crippen LogP contribution in [0.5, 0.6) is 0 Å². The standard InChI is InChI=1S/C10H13FN2O2S/c1-2-13-10(14)6-16(15)9-5-7(11)3-4-8(9)12/h3-5H,2,6,12H2,1H3,(H,13,14). The van der Waals surface area contributed by atoms with Crippen LogP contribution in [0, 0.1) is 5.82 Å². The molecule has 0 aromatic heterocycles. The highest BCUT2D eigenvalue weighted by atomic mass is 32.2. The quantitative estimate of drug-likeness (QED) is 0.764. The van der Waals surface area contributed by atoms with Gasteiger partial charge in [0.15, 0.2) is 0 Å². The van der Waals surface area contributed by atoms with Gasteiger partial charge in [0, 0.05) is 12.2 Å². The van der Waals surface area contributed by atoms with Crippen LogP contribution in [-0.4, -0.2) is 22.4 Å². The summed E-state index contributed by atoms with van der Waals surface area (Å²) >= 11 is 0. The third kappa shape index (κ3) is 3.30. The molecular formula is C10H13FN2O2S. The number of rotatable bonds is 4. The van der Waals surface area contributed by atoms with Crippen molar-refractivity contribution in [3.63, 3.8) is 0 Å². The molecule has 0 fully saturated rings. The fourth-order valence-corrected chi connectivity index (χ4v) is 2.22. The van der Waals surface area contributed by atoms with Crippen molar-refractivity contribution in [2.45, 2.75) is 11.8 Å². The maximum Gasteiger partial charge on any atom is 0.232 e. The number of anilines is 1. The number of halogens is 1. The van der Waals surface area contributed by atoms with Crippen molar-refractivity contribution in [2.75, 3.05) is 18.0 Å². The predicted molar refractivity (Wildman–Crippen MR) is 60.8 cm³/mol. The summed E-state index contributed by atoms with van der Waals surface area (Å²) < 4.78 is 24.6. The topological polar surface area (TPSA) is 72.2 Å². The van der Waals surface area contributed by atoms with Crippen LogP contribution in [0.15, 0.2) is 23.1 Å². The van der Waals surface area contributed by atoms with Gasteiger partial charge in [-0.3, -0.25) is 9.00 Å². The molecule has 1 unspecified atom stereocenters. The van der Waals surface area contributed by atoms with Gasteiger partial charge in [-0.2, -0.15) is 0 Å². The molecule has 1 atom stereocenters. The van der Waals surface area contributed by atoms with Crippen molar-refractivity contribution in [2.24, 2.45) is 0 Å². The van der Waals surface area contributed by atoms with E-state index in [4.69, 9.17) is 5.73 Å². The molecule has 0 saturated carbocycles. The number of nitrogens with two attached hydrogens (primary N) is 1. The minimum Gasteiger partial charge on any atom is -0.398 e. The number of nitrogen functional groups attached to an aromatic ring is 1. The average molecular weight is 244 g/mol. The Kier molecular flexibility index (Phi) is 4.42. The number of amides is 1. The number of nitrogens with one attached hydrogen (secondary N) is 1. The van der Waals surface area contributed by atoms with Crippen LogP contribution in [0.1, 0.15) is 6.92 Å². The first-order chi connectivity index (χ1) is 7.54. The molecule has 4 nitrogen and oxygen atoms in total. The first-order valence-corrected chi connectivity index (χ1v) is 6.06. The Bertz CT molecular complexity index is 423. The lowest BCUT2D eigenvalue weighted by atomic mass is 10.3. The molecule has 6 heteroatoms. The van der Waals surface area contributed by atoms with Gasteiger partial charge in [-0.15, -0.1) is 0 Å². The molecule has 0 bridgehead atoms. The molecule has 0 aliphatic carbocycles. The van der Waals surface area contributed by atoms with Crippen molar-refractivity contribution in [1.82, 2.24) is 5.32 Å². The molecule has 0 radical (unpaired) electrons. The molecular weight excluding hydrogens is 231 g/mol. The van der Waals surface area contributed by atoms with E-state index in [-0.39, 0.29) is 22.2 Å². The summed E-state index contributed by atoms with van der Waals surface area (Å²) in [5, 5.41) is 2.51. The first kappa shape index (κ1) is 12.6. The largest absolute Gasteiger partial charge is 0.398 e. The second-order valence-corrected chi connectivity index (χ2v) is 4.55. The van der Waals surface area contributed by atoms with E-state index in [0.717, 1.165) is 6.07 Å². The number of hydrogen-bond acceptors (Lipinski definition) is 3. The lowest BCUT2D eigenvalue weighted by molar-refractivity contribution is -0.118. The Balaban J connectivity index is 2.80. The number of carbonyl (C=O) groups excluding carboxylic acids is 1. The van der Waals surface area contributed by atoms with Gasteiger partial charge >= 0.3 is 0 Å². The Morgan fingerprint density at radius 1 is 1.56 bits per heavy atom. The van der Waals surface area contributed by atoms with Gasteiger partial charge in [0.05, 0.1) is 15.7 Å². The van der Waals surface area contributed by atoms with E-state index in [2.05, 4.69) is 5.32 Å². The summed E-state index contributed by atoms with van der Waals surface area (Å²) in [6.45, 7) is 2.23. The lowest BCUT2D eigenvalue weighted by Gasteiger charge is -2.05. The van der Waals surface area contributed by atoms with Crippen LogP contribution >= 0.6 is 0 Å². The van der Waals surface area contributed by atoms with Crippen LogP contribution in [0.4, 0.5) is 10.1 Å². The van der Waals surface area contributed by atoms with E-state index in [1.54, 1.807) is 6.92 Å². The van der Waals surface area contributed by atoms with Crippen molar-refractivity contribution >= 4 is 22.4 Å². The van der Waals surface area contributed by atoms with Crippen LogP contribution in [-0.2, 0) is 15.6 Å². The fraction of sp³-hybridized carbons (Fsp3) is 0.300. The summed E-state index contributed by atoms with van der Waals surface area (Å²) in [5.41, 5.74) is 5.77. The van der Waals surface area contributed by atoms with Crippen LogP contribution < -0.4 is 11.1 Å². The minimum atomic E-state index is -1.61. The molecule has 0 heterocycles. The molecule has 1 amide bonds. The van der Waals surface area contributed by atoms with E-state index < -0.39 is 16.6 Å². The fourth-order valence-electron chi connectivity index (χ4n) is 1.15. The molecule has 0 aliphatic heterocycles. The molecule has 3 N–H and O–H groups in total. The predicted octanol–water partition coefficient (Wildman–Crippen LogP) is 0.652. The highest BCUT2D eigenvalue weighted by Crippen LogP contribution is 2.17. The minimum absolute atomic E-state index is 0.159. The molecule has 1 aromatic rings. The van der Waals surface area contributed by atoms with Gasteiger partial charge in [-0.05, 0) is 25.1 Å². The highest BCUT2D eigenvalue weighted by Gasteiger charge is 2.13. The third-order valence-electron chi connectivity index (χ3n) is 1.86. The van der Waals surface area contributed by atoms with Crippen molar-refractivity contribution in [3.8, 4) is 0 Å². The molecule has 0 aliphatic rings. The Morgan fingerprint density at radius 3 is 2.88 bits per heavy atom.